The summed E-state index contributed by atoms with van der Waals surface area (Å²) >= 11 is 6.21. The molecule has 0 spiro atoms. The predicted molar refractivity (Wildman–Crippen MR) is 86.3 cm³/mol. The summed E-state index contributed by atoms with van der Waals surface area (Å²) < 4.78 is 1.76. The molecule has 2 aromatic carbocycles. The highest BCUT2D eigenvalue weighted by atomic mass is 35.5. The fraction of sp³-hybridized carbons (Fsp3) is 0.176. The number of hydrogen-bond acceptors (Lipinski definition) is 2. The molecule has 1 heterocycles. The molecule has 3 aromatic rings. The second-order valence-corrected chi connectivity index (χ2v) is 5.58. The first-order valence-corrected chi connectivity index (χ1v) is 7.38. The van der Waals surface area contributed by atoms with Gasteiger partial charge < -0.3 is 9.67 Å². The Bertz CT molecular complexity index is 842. The van der Waals surface area contributed by atoms with Crippen molar-refractivity contribution in [3.63, 3.8) is 0 Å². The van der Waals surface area contributed by atoms with Crippen LogP contribution < -0.4 is 0 Å². The Kier molecular flexibility index (Phi) is 3.86. The molecule has 0 aliphatic rings. The largest absolute Gasteiger partial charge is 0.480 e. The van der Waals surface area contributed by atoms with E-state index in [2.05, 4.69) is 4.98 Å². The third-order valence-electron chi connectivity index (χ3n) is 3.72. The van der Waals surface area contributed by atoms with E-state index in [-0.39, 0.29) is 0 Å². The summed E-state index contributed by atoms with van der Waals surface area (Å²) in [7, 11) is 0. The van der Waals surface area contributed by atoms with Gasteiger partial charge in [0.1, 0.15) is 11.9 Å². The van der Waals surface area contributed by atoms with Crippen LogP contribution in [0.3, 0.4) is 0 Å². The second kappa shape index (κ2) is 5.81. The van der Waals surface area contributed by atoms with E-state index < -0.39 is 12.0 Å². The molecular formula is C17H15ClN2O2. The third-order valence-corrected chi connectivity index (χ3v) is 4.09. The maximum atomic E-state index is 11.4. The minimum atomic E-state index is -0.886. The fourth-order valence-electron chi connectivity index (χ4n) is 2.57. The lowest BCUT2D eigenvalue weighted by Gasteiger charge is -2.14. The average Bonchev–Trinajstić information content (AvgIpc) is 2.86. The van der Waals surface area contributed by atoms with Crippen molar-refractivity contribution < 1.29 is 9.90 Å². The van der Waals surface area contributed by atoms with Gasteiger partial charge >= 0.3 is 5.97 Å². The maximum absolute atomic E-state index is 11.4. The van der Waals surface area contributed by atoms with Crippen molar-refractivity contribution in [1.82, 2.24) is 9.55 Å². The van der Waals surface area contributed by atoms with E-state index in [4.69, 9.17) is 11.6 Å². The van der Waals surface area contributed by atoms with Crippen LogP contribution in [0.15, 0.2) is 48.5 Å². The van der Waals surface area contributed by atoms with Crippen LogP contribution in [0.2, 0.25) is 5.02 Å². The lowest BCUT2D eigenvalue weighted by Crippen LogP contribution is -2.18. The Morgan fingerprint density at radius 1 is 1.23 bits per heavy atom. The number of fused-ring (bicyclic) bond motifs is 1. The first kappa shape index (κ1) is 14.6. The molecule has 0 fully saturated rings. The van der Waals surface area contributed by atoms with Gasteiger partial charge in [0.2, 0.25) is 0 Å². The van der Waals surface area contributed by atoms with Crippen molar-refractivity contribution in [2.75, 3.05) is 0 Å². The molecule has 0 aliphatic heterocycles. The third kappa shape index (κ3) is 2.57. The number of carboxylic acid groups (broad SMARTS) is 1. The molecule has 112 valence electrons. The molecule has 1 atom stereocenters. The molecule has 22 heavy (non-hydrogen) atoms. The fourth-order valence-corrected chi connectivity index (χ4v) is 2.78. The summed E-state index contributed by atoms with van der Waals surface area (Å²) in [5.41, 5.74) is 2.54. The van der Waals surface area contributed by atoms with Gasteiger partial charge in [-0.15, -0.1) is 0 Å². The SMILES string of the molecule is CC(C(=O)O)n1c(Cc2ccccc2Cl)nc2ccccc21. The van der Waals surface area contributed by atoms with Crippen molar-refractivity contribution in [3.8, 4) is 0 Å². The number of aliphatic carboxylic acids is 1. The molecular weight excluding hydrogens is 300 g/mol. The summed E-state index contributed by atoms with van der Waals surface area (Å²) in [5, 5.41) is 10.0. The molecule has 0 aliphatic carbocycles. The highest BCUT2D eigenvalue weighted by Crippen LogP contribution is 2.25. The van der Waals surface area contributed by atoms with E-state index >= 15 is 0 Å². The van der Waals surface area contributed by atoms with E-state index in [0.717, 1.165) is 16.6 Å². The number of aromatic nitrogens is 2. The number of benzene rings is 2. The quantitative estimate of drug-likeness (QED) is 0.794. The Hall–Kier alpha value is -2.33. The molecule has 0 saturated carbocycles. The number of hydrogen-bond donors (Lipinski definition) is 1. The van der Waals surface area contributed by atoms with Crippen LogP contribution in [-0.4, -0.2) is 20.6 Å². The summed E-state index contributed by atoms with van der Waals surface area (Å²) in [6.07, 6.45) is 0.492. The Labute approximate surface area is 133 Å². The van der Waals surface area contributed by atoms with Gasteiger partial charge in [-0.05, 0) is 30.7 Å². The molecule has 0 bridgehead atoms. The van der Waals surface area contributed by atoms with Crippen LogP contribution in [0.5, 0.6) is 0 Å². The number of carbonyl (C=O) groups is 1. The summed E-state index contributed by atoms with van der Waals surface area (Å²) in [6, 6.07) is 14.4. The van der Waals surface area contributed by atoms with Gasteiger partial charge in [0.25, 0.3) is 0 Å². The zero-order valence-corrected chi connectivity index (χ0v) is 12.8. The van der Waals surface area contributed by atoms with E-state index in [1.807, 2.05) is 48.5 Å². The van der Waals surface area contributed by atoms with Crippen LogP contribution in [0.1, 0.15) is 24.4 Å². The Balaban J connectivity index is 2.14. The zero-order chi connectivity index (χ0) is 15.7. The monoisotopic (exact) mass is 314 g/mol. The van der Waals surface area contributed by atoms with E-state index in [0.29, 0.717) is 17.3 Å². The van der Waals surface area contributed by atoms with Gasteiger partial charge in [-0.3, -0.25) is 0 Å². The molecule has 0 radical (unpaired) electrons. The molecule has 3 rings (SSSR count). The Morgan fingerprint density at radius 3 is 2.64 bits per heavy atom. The van der Waals surface area contributed by atoms with E-state index in [1.54, 1.807) is 11.5 Å². The lowest BCUT2D eigenvalue weighted by atomic mass is 10.1. The van der Waals surface area contributed by atoms with Crippen LogP contribution in [0.25, 0.3) is 11.0 Å². The minimum Gasteiger partial charge on any atom is -0.480 e. The maximum Gasteiger partial charge on any atom is 0.326 e. The van der Waals surface area contributed by atoms with Gasteiger partial charge in [-0.1, -0.05) is 41.9 Å². The number of nitrogens with zero attached hydrogens (tertiary/aromatic N) is 2. The summed E-state index contributed by atoms with van der Waals surface area (Å²) in [6.45, 7) is 1.66. The van der Waals surface area contributed by atoms with E-state index in [1.165, 1.54) is 0 Å². The highest BCUT2D eigenvalue weighted by molar-refractivity contribution is 6.31. The second-order valence-electron chi connectivity index (χ2n) is 5.17. The zero-order valence-electron chi connectivity index (χ0n) is 12.0. The number of imidazole rings is 1. The predicted octanol–water partition coefficient (Wildman–Crippen LogP) is 3.93. The first-order chi connectivity index (χ1) is 10.6. The summed E-state index contributed by atoms with van der Waals surface area (Å²) in [5.74, 6) is -0.187. The minimum absolute atomic E-state index is 0.492. The van der Waals surface area contributed by atoms with Gasteiger partial charge in [-0.2, -0.15) is 0 Å². The van der Waals surface area contributed by atoms with Gasteiger partial charge in [0.15, 0.2) is 0 Å². The van der Waals surface area contributed by atoms with Crippen molar-refractivity contribution in [3.05, 3.63) is 64.9 Å². The molecule has 1 N–H and O–H groups in total. The number of para-hydroxylation sites is 2. The molecule has 1 aromatic heterocycles. The highest BCUT2D eigenvalue weighted by Gasteiger charge is 2.21. The van der Waals surface area contributed by atoms with Crippen molar-refractivity contribution in [1.29, 1.82) is 0 Å². The van der Waals surface area contributed by atoms with Gasteiger partial charge in [0, 0.05) is 11.4 Å². The molecule has 1 unspecified atom stereocenters. The Morgan fingerprint density at radius 2 is 1.91 bits per heavy atom. The van der Waals surface area contributed by atoms with Crippen molar-refractivity contribution in [2.45, 2.75) is 19.4 Å². The van der Waals surface area contributed by atoms with Crippen molar-refractivity contribution >= 4 is 28.6 Å². The molecule has 5 heteroatoms. The van der Waals surface area contributed by atoms with Crippen molar-refractivity contribution in [2.24, 2.45) is 0 Å². The van der Waals surface area contributed by atoms with E-state index in [9.17, 15) is 9.90 Å². The van der Waals surface area contributed by atoms with Gasteiger partial charge in [-0.25, -0.2) is 9.78 Å². The smallest absolute Gasteiger partial charge is 0.326 e. The summed E-state index contributed by atoms with van der Waals surface area (Å²) in [4.78, 5) is 16.0. The van der Waals surface area contributed by atoms with Gasteiger partial charge in [0.05, 0.1) is 11.0 Å². The van der Waals surface area contributed by atoms with Crippen LogP contribution in [-0.2, 0) is 11.2 Å². The first-order valence-electron chi connectivity index (χ1n) is 7.00. The molecule has 0 saturated heterocycles. The topological polar surface area (TPSA) is 55.1 Å². The average molecular weight is 315 g/mol. The van der Waals surface area contributed by atoms with Crippen LogP contribution >= 0.6 is 11.6 Å². The molecule has 0 amide bonds. The normalized spacial score (nSPS) is 12.5. The molecule has 4 nitrogen and oxygen atoms in total. The number of rotatable bonds is 4. The van der Waals surface area contributed by atoms with Crippen LogP contribution in [0.4, 0.5) is 0 Å². The van der Waals surface area contributed by atoms with Crippen LogP contribution in [0, 0.1) is 0 Å². The number of halogens is 1. The standard InChI is InChI=1S/C17H15ClN2O2/c1-11(17(21)22)20-15-9-5-4-8-14(15)19-16(20)10-12-6-2-3-7-13(12)18/h2-9,11H,10H2,1H3,(H,21,22). The number of carboxylic acids is 1. The lowest BCUT2D eigenvalue weighted by molar-refractivity contribution is -0.140.